The molecule has 0 amide bonds. The molecule has 1 fully saturated rings. The zero-order chi connectivity index (χ0) is 19.5. The van der Waals surface area contributed by atoms with E-state index in [0.29, 0.717) is 0 Å². The van der Waals surface area contributed by atoms with Crippen LogP contribution < -0.4 is 14.5 Å². The Morgan fingerprint density at radius 3 is 2.64 bits per heavy atom. The van der Waals surface area contributed by atoms with Gasteiger partial charge in [0, 0.05) is 10.9 Å². The molecule has 0 radical (unpaired) electrons. The second-order valence-corrected chi connectivity index (χ2v) is 7.68. The molecule has 1 aromatic heterocycles. The number of rotatable bonds is 4. The maximum absolute atomic E-state index is 5.57. The van der Waals surface area contributed by atoms with Gasteiger partial charge in [-0.3, -0.25) is 0 Å². The first-order valence-electron chi connectivity index (χ1n) is 9.46. The highest BCUT2D eigenvalue weighted by molar-refractivity contribution is 7.07. The number of hydrogen-bond acceptors (Lipinski definition) is 5. The summed E-state index contributed by atoms with van der Waals surface area (Å²) in [5.74, 6) is 0.852. The van der Waals surface area contributed by atoms with Crippen LogP contribution in [0.4, 0.5) is 5.69 Å². The molecule has 146 valence electrons. The molecule has 0 N–H and O–H groups in total. The summed E-state index contributed by atoms with van der Waals surface area (Å²) in [7, 11) is 1.70. The summed E-state index contributed by atoms with van der Waals surface area (Å²) in [6.07, 6.45) is 0. The topological polar surface area (TPSA) is 39.0 Å². The van der Waals surface area contributed by atoms with Crippen molar-refractivity contribution in [1.29, 1.82) is 0 Å². The highest BCUT2D eigenvalue weighted by atomic mass is 32.1. The van der Waals surface area contributed by atoms with Crippen LogP contribution in [-0.2, 0) is 4.74 Å². The summed E-state index contributed by atoms with van der Waals surface area (Å²) >= 11 is 1.66. The predicted octanol–water partition coefficient (Wildman–Crippen LogP) is 4.04. The quantitative estimate of drug-likeness (QED) is 0.669. The first-order valence-corrected chi connectivity index (χ1v) is 10.3. The van der Waals surface area contributed by atoms with E-state index in [1.165, 1.54) is 11.1 Å². The Hall–Kier alpha value is -2.57. The number of aromatic nitrogens is 1. The van der Waals surface area contributed by atoms with Gasteiger partial charge in [0.05, 0.1) is 44.8 Å². The lowest BCUT2D eigenvalue weighted by atomic mass is 10.1. The molecule has 0 saturated carbocycles. The average molecular weight is 396 g/mol. The van der Waals surface area contributed by atoms with E-state index >= 15 is 0 Å². The van der Waals surface area contributed by atoms with Crippen LogP contribution in [0.15, 0.2) is 52.8 Å². The van der Waals surface area contributed by atoms with Gasteiger partial charge < -0.3 is 14.5 Å². The minimum atomic E-state index is 0.726. The number of methoxy groups -OCH3 is 1. The number of hydrogen-bond donors (Lipinski definition) is 0. The SMILES string of the molecule is COc1cccc(-c2csc(=Nc3cccc(C)c3C)n2N2CCOCC2)c1. The molecule has 1 aliphatic heterocycles. The first-order chi connectivity index (χ1) is 13.7. The van der Waals surface area contributed by atoms with Gasteiger partial charge in [0.25, 0.3) is 0 Å². The molecule has 28 heavy (non-hydrogen) atoms. The van der Waals surface area contributed by atoms with Crippen molar-refractivity contribution in [3.8, 4) is 17.0 Å². The first kappa shape index (κ1) is 18.8. The Labute approximate surface area is 169 Å². The minimum Gasteiger partial charge on any atom is -0.497 e. The molecule has 5 nitrogen and oxygen atoms in total. The molecule has 2 heterocycles. The van der Waals surface area contributed by atoms with Crippen molar-refractivity contribution in [2.75, 3.05) is 38.4 Å². The van der Waals surface area contributed by atoms with Crippen LogP contribution in [0.5, 0.6) is 5.75 Å². The normalized spacial score (nSPS) is 15.1. The molecule has 0 bridgehead atoms. The Morgan fingerprint density at radius 2 is 1.86 bits per heavy atom. The summed E-state index contributed by atoms with van der Waals surface area (Å²) in [4.78, 5) is 6.00. The highest BCUT2D eigenvalue weighted by Crippen LogP contribution is 2.26. The van der Waals surface area contributed by atoms with Gasteiger partial charge in [-0.05, 0) is 43.2 Å². The van der Waals surface area contributed by atoms with Crippen LogP contribution in [0, 0.1) is 13.8 Å². The summed E-state index contributed by atoms with van der Waals surface area (Å²) in [6.45, 7) is 7.39. The largest absolute Gasteiger partial charge is 0.497 e. The highest BCUT2D eigenvalue weighted by Gasteiger charge is 2.18. The second-order valence-electron chi connectivity index (χ2n) is 6.84. The molecular formula is C22H25N3O2S. The van der Waals surface area contributed by atoms with Crippen molar-refractivity contribution in [3.63, 3.8) is 0 Å². The van der Waals surface area contributed by atoms with Gasteiger partial charge in [-0.1, -0.05) is 24.3 Å². The average Bonchev–Trinajstić information content (AvgIpc) is 3.15. The van der Waals surface area contributed by atoms with Gasteiger partial charge in [0.15, 0.2) is 0 Å². The maximum Gasteiger partial charge on any atom is 0.209 e. The number of ether oxygens (including phenoxy) is 2. The van der Waals surface area contributed by atoms with Crippen LogP contribution >= 0.6 is 11.3 Å². The van der Waals surface area contributed by atoms with E-state index in [9.17, 15) is 0 Å². The van der Waals surface area contributed by atoms with Gasteiger partial charge in [0.1, 0.15) is 5.75 Å². The lowest BCUT2D eigenvalue weighted by Gasteiger charge is -2.31. The van der Waals surface area contributed by atoms with Crippen molar-refractivity contribution in [1.82, 2.24) is 4.68 Å². The summed E-state index contributed by atoms with van der Waals surface area (Å²) in [5, 5.41) is 4.49. The van der Waals surface area contributed by atoms with E-state index < -0.39 is 0 Å². The number of nitrogens with zero attached hydrogens (tertiary/aromatic N) is 3. The number of benzene rings is 2. The Balaban J connectivity index is 1.88. The van der Waals surface area contributed by atoms with E-state index in [0.717, 1.165) is 53.8 Å². The molecule has 1 aliphatic rings. The molecule has 0 atom stereocenters. The van der Waals surface area contributed by atoms with Crippen LogP contribution in [0.1, 0.15) is 11.1 Å². The Bertz CT molecular complexity index is 1030. The third kappa shape index (κ3) is 3.70. The van der Waals surface area contributed by atoms with Crippen LogP contribution in [0.3, 0.4) is 0 Å². The number of aryl methyl sites for hydroxylation is 1. The van der Waals surface area contributed by atoms with Crippen molar-refractivity contribution in [2.45, 2.75) is 13.8 Å². The molecule has 0 spiro atoms. The monoisotopic (exact) mass is 395 g/mol. The fraction of sp³-hybridized carbons (Fsp3) is 0.318. The molecule has 3 aromatic rings. The number of thiazole rings is 1. The molecule has 2 aromatic carbocycles. The van der Waals surface area contributed by atoms with E-state index in [2.05, 4.69) is 59.2 Å². The van der Waals surface area contributed by atoms with Crippen LogP contribution in [0.25, 0.3) is 11.3 Å². The van der Waals surface area contributed by atoms with Crippen LogP contribution in [-0.4, -0.2) is 38.1 Å². The smallest absolute Gasteiger partial charge is 0.209 e. The molecule has 0 aliphatic carbocycles. The van der Waals surface area contributed by atoms with Crippen molar-refractivity contribution >= 4 is 17.0 Å². The standard InChI is InChI=1S/C22H25N3O2S/c1-16-6-4-9-20(17(16)2)23-22-25(24-10-12-27-13-11-24)21(15-28-22)18-7-5-8-19(14-18)26-3/h4-9,14-15H,10-13H2,1-3H3. The van der Waals surface area contributed by atoms with Crippen molar-refractivity contribution in [2.24, 2.45) is 4.99 Å². The molecular weight excluding hydrogens is 370 g/mol. The zero-order valence-corrected chi connectivity index (χ0v) is 17.3. The lowest BCUT2D eigenvalue weighted by Crippen LogP contribution is -2.48. The van der Waals surface area contributed by atoms with E-state index in [1.807, 2.05) is 12.1 Å². The second kappa shape index (κ2) is 8.20. The van der Waals surface area contributed by atoms with E-state index in [1.54, 1.807) is 18.4 Å². The zero-order valence-electron chi connectivity index (χ0n) is 16.5. The predicted molar refractivity (Wildman–Crippen MR) is 114 cm³/mol. The van der Waals surface area contributed by atoms with Gasteiger partial charge in [0.2, 0.25) is 4.80 Å². The van der Waals surface area contributed by atoms with Gasteiger partial charge >= 0.3 is 0 Å². The fourth-order valence-corrected chi connectivity index (χ4v) is 4.26. The third-order valence-corrected chi connectivity index (χ3v) is 5.93. The fourth-order valence-electron chi connectivity index (χ4n) is 3.34. The lowest BCUT2D eigenvalue weighted by molar-refractivity contribution is 0.111. The molecule has 1 saturated heterocycles. The summed E-state index contributed by atoms with van der Waals surface area (Å²) in [5.41, 5.74) is 5.72. The minimum absolute atomic E-state index is 0.726. The summed E-state index contributed by atoms with van der Waals surface area (Å²) < 4.78 is 13.2. The molecule has 0 unspecified atom stereocenters. The van der Waals surface area contributed by atoms with Gasteiger partial charge in [-0.15, -0.1) is 11.3 Å². The Kier molecular flexibility index (Phi) is 5.50. The van der Waals surface area contributed by atoms with E-state index in [4.69, 9.17) is 14.5 Å². The van der Waals surface area contributed by atoms with Crippen molar-refractivity contribution < 1.29 is 9.47 Å². The van der Waals surface area contributed by atoms with Crippen LogP contribution in [0.2, 0.25) is 0 Å². The third-order valence-electron chi connectivity index (χ3n) is 5.11. The maximum atomic E-state index is 5.57. The summed E-state index contributed by atoms with van der Waals surface area (Å²) in [6, 6.07) is 14.4. The number of morpholine rings is 1. The van der Waals surface area contributed by atoms with Gasteiger partial charge in [-0.25, -0.2) is 9.67 Å². The van der Waals surface area contributed by atoms with Gasteiger partial charge in [-0.2, -0.15) is 0 Å². The molecule has 4 rings (SSSR count). The van der Waals surface area contributed by atoms with Crippen molar-refractivity contribution in [3.05, 3.63) is 63.8 Å². The Morgan fingerprint density at radius 1 is 1.07 bits per heavy atom. The van der Waals surface area contributed by atoms with E-state index in [-0.39, 0.29) is 0 Å². The molecule has 6 heteroatoms.